The Morgan fingerprint density at radius 2 is 1.96 bits per heavy atom. The molecule has 0 atom stereocenters. The summed E-state index contributed by atoms with van der Waals surface area (Å²) in [6.45, 7) is 0.607. The largest absolute Gasteiger partial charge is 0.385 e. The van der Waals surface area contributed by atoms with Crippen molar-refractivity contribution < 1.29 is 4.79 Å². The van der Waals surface area contributed by atoms with Crippen LogP contribution in [-0.4, -0.2) is 27.3 Å². The minimum atomic E-state index is -0.376. The van der Waals surface area contributed by atoms with Gasteiger partial charge in [-0.25, -0.2) is 0 Å². The van der Waals surface area contributed by atoms with E-state index in [1.165, 1.54) is 42.7 Å². The fourth-order valence-electron chi connectivity index (χ4n) is 3.37. The molecule has 144 valence electrons. The van der Waals surface area contributed by atoms with Crippen LogP contribution >= 0.6 is 11.8 Å². The summed E-state index contributed by atoms with van der Waals surface area (Å²) < 4.78 is 1.81. The minimum Gasteiger partial charge on any atom is -0.385 e. The number of thioether (sulfide) groups is 1. The summed E-state index contributed by atoms with van der Waals surface area (Å²) >= 11 is 1.27. The van der Waals surface area contributed by atoms with Gasteiger partial charge in [-0.15, -0.1) is 0 Å². The quantitative estimate of drug-likeness (QED) is 0.564. The van der Waals surface area contributed by atoms with Gasteiger partial charge >= 0.3 is 0 Å². The highest BCUT2D eigenvalue weighted by Gasteiger charge is 2.17. The summed E-state index contributed by atoms with van der Waals surface area (Å²) in [5.41, 5.74) is 6.86. The lowest BCUT2D eigenvalue weighted by Gasteiger charge is -2.22. The van der Waals surface area contributed by atoms with E-state index >= 15 is 0 Å². The first-order valence-electron chi connectivity index (χ1n) is 9.45. The van der Waals surface area contributed by atoms with Gasteiger partial charge in [0.2, 0.25) is 5.91 Å². The molecule has 0 bridgehead atoms. The number of anilines is 1. The number of aryl methyl sites for hydroxylation is 1. The SMILES string of the molecule is Nc1cc(=O)nc(SCC(=O)NC2CCCCC2)n1CCc1ccccc1. The maximum absolute atomic E-state index is 12.3. The van der Waals surface area contributed by atoms with Gasteiger partial charge in [-0.05, 0) is 24.8 Å². The zero-order valence-electron chi connectivity index (χ0n) is 15.4. The van der Waals surface area contributed by atoms with Gasteiger partial charge in [-0.1, -0.05) is 61.4 Å². The number of nitrogens with two attached hydrogens (primary N) is 1. The molecule has 7 heteroatoms. The monoisotopic (exact) mass is 386 g/mol. The number of carbonyl (C=O) groups excluding carboxylic acids is 1. The van der Waals surface area contributed by atoms with Crippen LogP contribution in [-0.2, 0) is 17.8 Å². The van der Waals surface area contributed by atoms with Crippen LogP contribution in [0, 0.1) is 0 Å². The van der Waals surface area contributed by atoms with Crippen LogP contribution in [0.15, 0.2) is 46.3 Å². The van der Waals surface area contributed by atoms with Gasteiger partial charge in [0, 0.05) is 18.7 Å². The van der Waals surface area contributed by atoms with Crippen LogP contribution in [0.5, 0.6) is 0 Å². The lowest BCUT2D eigenvalue weighted by molar-refractivity contribution is -0.119. The highest BCUT2D eigenvalue weighted by Crippen LogP contribution is 2.20. The molecule has 6 nitrogen and oxygen atoms in total. The molecule has 0 unspecified atom stereocenters. The molecule has 0 aliphatic heterocycles. The topological polar surface area (TPSA) is 90.0 Å². The normalized spacial score (nSPS) is 14.8. The van der Waals surface area contributed by atoms with Crippen LogP contribution in [0.25, 0.3) is 0 Å². The van der Waals surface area contributed by atoms with Crippen molar-refractivity contribution in [2.24, 2.45) is 0 Å². The van der Waals surface area contributed by atoms with Crippen molar-refractivity contribution in [1.29, 1.82) is 0 Å². The number of hydrogen-bond acceptors (Lipinski definition) is 5. The van der Waals surface area contributed by atoms with E-state index in [4.69, 9.17) is 5.73 Å². The Morgan fingerprint density at radius 3 is 2.70 bits per heavy atom. The number of rotatable bonds is 7. The van der Waals surface area contributed by atoms with E-state index in [9.17, 15) is 9.59 Å². The van der Waals surface area contributed by atoms with Crippen molar-refractivity contribution in [1.82, 2.24) is 14.9 Å². The molecular weight excluding hydrogens is 360 g/mol. The van der Waals surface area contributed by atoms with Gasteiger partial charge in [0.1, 0.15) is 5.82 Å². The van der Waals surface area contributed by atoms with Crippen LogP contribution < -0.4 is 16.6 Å². The third-order valence-corrected chi connectivity index (χ3v) is 5.77. The number of carbonyl (C=O) groups is 1. The summed E-state index contributed by atoms with van der Waals surface area (Å²) in [5.74, 6) is 0.594. The minimum absolute atomic E-state index is 0.0156. The van der Waals surface area contributed by atoms with E-state index < -0.39 is 0 Å². The molecule has 1 fully saturated rings. The molecule has 1 amide bonds. The molecule has 1 heterocycles. The number of benzene rings is 1. The Bertz CT molecular complexity index is 816. The van der Waals surface area contributed by atoms with Crippen LogP contribution in [0.4, 0.5) is 5.82 Å². The van der Waals surface area contributed by atoms with Crippen molar-refractivity contribution in [2.45, 2.75) is 56.3 Å². The summed E-state index contributed by atoms with van der Waals surface area (Å²) in [6, 6.07) is 11.7. The molecule has 1 saturated carbocycles. The van der Waals surface area contributed by atoms with Gasteiger partial charge in [0.05, 0.1) is 5.75 Å². The second kappa shape index (κ2) is 9.60. The number of nitrogens with zero attached hydrogens (tertiary/aromatic N) is 2. The van der Waals surface area contributed by atoms with Gasteiger partial charge in [0.25, 0.3) is 5.56 Å². The Labute approximate surface area is 163 Å². The zero-order chi connectivity index (χ0) is 19.1. The van der Waals surface area contributed by atoms with Gasteiger partial charge in [0.15, 0.2) is 5.16 Å². The highest BCUT2D eigenvalue weighted by molar-refractivity contribution is 7.99. The van der Waals surface area contributed by atoms with E-state index in [1.807, 2.05) is 22.8 Å². The number of nitrogens with one attached hydrogen (secondary N) is 1. The fourth-order valence-corrected chi connectivity index (χ4v) is 4.22. The highest BCUT2D eigenvalue weighted by atomic mass is 32.2. The van der Waals surface area contributed by atoms with E-state index in [0.29, 0.717) is 17.5 Å². The molecule has 1 aliphatic rings. The Kier molecular flexibility index (Phi) is 6.92. The second-order valence-electron chi connectivity index (χ2n) is 6.88. The third kappa shape index (κ3) is 5.85. The lowest BCUT2D eigenvalue weighted by Crippen LogP contribution is -2.37. The molecule has 3 N–H and O–H groups in total. The molecular formula is C20H26N4O2S. The van der Waals surface area contributed by atoms with E-state index in [2.05, 4.69) is 22.4 Å². The average Bonchev–Trinajstić information content (AvgIpc) is 2.67. The molecule has 1 aliphatic carbocycles. The Morgan fingerprint density at radius 1 is 1.22 bits per heavy atom. The first kappa shape index (κ1) is 19.5. The Balaban J connectivity index is 1.63. The smallest absolute Gasteiger partial charge is 0.275 e. The number of nitrogen functional groups attached to an aromatic ring is 1. The summed E-state index contributed by atoms with van der Waals surface area (Å²) in [4.78, 5) is 28.1. The number of amides is 1. The van der Waals surface area contributed by atoms with E-state index in [-0.39, 0.29) is 23.3 Å². The summed E-state index contributed by atoms with van der Waals surface area (Å²) in [6.07, 6.45) is 6.48. The van der Waals surface area contributed by atoms with Crippen LogP contribution in [0.3, 0.4) is 0 Å². The first-order valence-corrected chi connectivity index (χ1v) is 10.4. The second-order valence-corrected chi connectivity index (χ2v) is 7.82. The van der Waals surface area contributed by atoms with Crippen LogP contribution in [0.1, 0.15) is 37.7 Å². The van der Waals surface area contributed by atoms with Crippen LogP contribution in [0.2, 0.25) is 0 Å². The van der Waals surface area contributed by atoms with Gasteiger partial charge in [-0.2, -0.15) is 4.98 Å². The molecule has 0 spiro atoms. The number of aromatic nitrogens is 2. The van der Waals surface area contributed by atoms with Crippen molar-refractivity contribution in [3.05, 3.63) is 52.3 Å². The Hall–Kier alpha value is -2.28. The first-order chi connectivity index (χ1) is 13.1. The lowest BCUT2D eigenvalue weighted by atomic mass is 9.95. The molecule has 1 aromatic carbocycles. The van der Waals surface area contributed by atoms with Crippen molar-refractivity contribution in [2.75, 3.05) is 11.5 Å². The molecule has 2 aromatic rings. The fraction of sp³-hybridized carbons (Fsp3) is 0.450. The maximum atomic E-state index is 12.3. The van der Waals surface area contributed by atoms with Gasteiger partial charge in [-0.3, -0.25) is 9.59 Å². The summed E-state index contributed by atoms with van der Waals surface area (Å²) in [7, 11) is 0. The predicted molar refractivity (Wildman–Crippen MR) is 109 cm³/mol. The van der Waals surface area contributed by atoms with Crippen molar-refractivity contribution in [3.63, 3.8) is 0 Å². The van der Waals surface area contributed by atoms with E-state index in [0.717, 1.165) is 19.3 Å². The third-order valence-electron chi connectivity index (χ3n) is 4.79. The molecule has 27 heavy (non-hydrogen) atoms. The predicted octanol–water partition coefficient (Wildman–Crippen LogP) is 2.61. The zero-order valence-corrected chi connectivity index (χ0v) is 16.2. The standard InChI is InChI=1S/C20H26N4O2S/c21-17-13-18(25)23-20(24(17)12-11-15-7-3-1-4-8-15)27-14-19(26)22-16-9-5-2-6-10-16/h1,3-4,7-8,13,16H,2,5-6,9-12,14,21H2,(H,22,26). The average molecular weight is 387 g/mol. The van der Waals surface area contributed by atoms with E-state index in [1.54, 1.807) is 0 Å². The van der Waals surface area contributed by atoms with Gasteiger partial charge < -0.3 is 15.6 Å². The molecule has 3 rings (SSSR count). The van der Waals surface area contributed by atoms with Crippen molar-refractivity contribution in [3.8, 4) is 0 Å². The van der Waals surface area contributed by atoms with Crippen molar-refractivity contribution >= 4 is 23.5 Å². The molecule has 1 aromatic heterocycles. The number of hydrogen-bond donors (Lipinski definition) is 2. The molecule has 0 radical (unpaired) electrons. The summed E-state index contributed by atoms with van der Waals surface area (Å²) in [5, 5.41) is 3.58. The molecule has 0 saturated heterocycles. The maximum Gasteiger partial charge on any atom is 0.275 e.